The van der Waals surface area contributed by atoms with Gasteiger partial charge in [-0.2, -0.15) is 0 Å². The summed E-state index contributed by atoms with van der Waals surface area (Å²) in [6.45, 7) is 1.16. The molecule has 0 radical (unpaired) electrons. The first-order valence-corrected chi connectivity index (χ1v) is 6.81. The van der Waals surface area contributed by atoms with Crippen LogP contribution in [0.15, 0.2) is 18.2 Å². The number of anilines is 1. The first kappa shape index (κ1) is 10.7. The van der Waals surface area contributed by atoms with Crippen LogP contribution in [0.2, 0.25) is 5.02 Å². The highest BCUT2D eigenvalue weighted by Crippen LogP contribution is 2.43. The summed E-state index contributed by atoms with van der Waals surface area (Å²) in [7, 11) is 0. The molecule has 1 saturated carbocycles. The molecule has 0 amide bonds. The molecule has 86 valence electrons. The normalized spacial score (nSPS) is 27.8. The standard InChI is InChI=1S/C13H15Cl2N/c14-7-10-2-1-3-12(15)13(10)16-8-9-4-5-11(16)6-9/h1-3,9,11H,4-8H2. The highest BCUT2D eigenvalue weighted by atomic mass is 35.5. The zero-order chi connectivity index (χ0) is 11.1. The zero-order valence-electron chi connectivity index (χ0n) is 9.13. The van der Waals surface area contributed by atoms with Crippen molar-refractivity contribution in [2.75, 3.05) is 11.4 Å². The Bertz CT molecular complexity index is 405. The van der Waals surface area contributed by atoms with Crippen molar-refractivity contribution in [2.45, 2.75) is 31.2 Å². The Labute approximate surface area is 106 Å². The number of piperidine rings is 1. The molecule has 2 aliphatic rings. The Morgan fingerprint density at radius 2 is 2.19 bits per heavy atom. The molecule has 3 heteroatoms. The van der Waals surface area contributed by atoms with Gasteiger partial charge in [0.1, 0.15) is 0 Å². The first-order chi connectivity index (χ1) is 7.79. The third kappa shape index (κ3) is 1.61. The minimum Gasteiger partial charge on any atom is -0.367 e. The predicted octanol–water partition coefficient (Wildman–Crippen LogP) is 4.07. The maximum absolute atomic E-state index is 6.33. The van der Waals surface area contributed by atoms with E-state index < -0.39 is 0 Å². The molecule has 1 aromatic rings. The van der Waals surface area contributed by atoms with Gasteiger partial charge < -0.3 is 4.90 Å². The lowest BCUT2D eigenvalue weighted by atomic mass is 10.1. The van der Waals surface area contributed by atoms with Crippen LogP contribution in [0.5, 0.6) is 0 Å². The topological polar surface area (TPSA) is 3.24 Å². The average Bonchev–Trinajstić information content (AvgIpc) is 2.90. The van der Waals surface area contributed by atoms with Crippen LogP contribution in [0.25, 0.3) is 0 Å². The summed E-state index contributed by atoms with van der Waals surface area (Å²) in [5.74, 6) is 1.42. The van der Waals surface area contributed by atoms with Crippen molar-refractivity contribution in [3.63, 3.8) is 0 Å². The highest BCUT2D eigenvalue weighted by molar-refractivity contribution is 6.33. The molecule has 1 aromatic carbocycles. The number of fused-ring (bicyclic) bond motifs is 2. The summed E-state index contributed by atoms with van der Waals surface area (Å²) in [4.78, 5) is 2.48. The lowest BCUT2D eigenvalue weighted by Crippen LogP contribution is -2.32. The summed E-state index contributed by atoms with van der Waals surface area (Å²) < 4.78 is 0. The van der Waals surface area contributed by atoms with Gasteiger partial charge in [-0.1, -0.05) is 23.7 Å². The SMILES string of the molecule is ClCc1cccc(Cl)c1N1CC2CCC1C2. The van der Waals surface area contributed by atoms with E-state index in [1.807, 2.05) is 12.1 Å². The Morgan fingerprint density at radius 1 is 1.31 bits per heavy atom. The number of para-hydroxylation sites is 1. The Balaban J connectivity index is 1.99. The van der Waals surface area contributed by atoms with Gasteiger partial charge in [-0.25, -0.2) is 0 Å². The molecule has 1 saturated heterocycles. The number of rotatable bonds is 2. The van der Waals surface area contributed by atoms with Crippen molar-refractivity contribution < 1.29 is 0 Å². The summed E-state index contributed by atoms with van der Waals surface area (Å²) in [5, 5.41) is 0.853. The molecule has 2 fully saturated rings. The Kier molecular flexibility index (Phi) is 2.76. The second-order valence-corrected chi connectivity index (χ2v) is 5.54. The van der Waals surface area contributed by atoms with Crippen molar-refractivity contribution in [3.05, 3.63) is 28.8 Å². The maximum Gasteiger partial charge on any atom is 0.0642 e. The molecule has 2 unspecified atom stereocenters. The molecule has 0 aromatic heterocycles. The summed E-state index contributed by atoms with van der Waals surface area (Å²) in [6, 6.07) is 6.74. The highest BCUT2D eigenvalue weighted by Gasteiger charge is 2.39. The van der Waals surface area contributed by atoms with Gasteiger partial charge in [-0.3, -0.25) is 0 Å². The Morgan fingerprint density at radius 3 is 2.81 bits per heavy atom. The van der Waals surface area contributed by atoms with E-state index in [0.717, 1.165) is 17.5 Å². The van der Waals surface area contributed by atoms with E-state index in [1.165, 1.54) is 30.5 Å². The van der Waals surface area contributed by atoms with E-state index in [-0.39, 0.29) is 0 Å². The molecule has 1 aliphatic carbocycles. The minimum atomic E-state index is 0.545. The molecule has 16 heavy (non-hydrogen) atoms. The van der Waals surface area contributed by atoms with E-state index in [4.69, 9.17) is 23.2 Å². The van der Waals surface area contributed by atoms with Crippen molar-refractivity contribution in [3.8, 4) is 0 Å². The van der Waals surface area contributed by atoms with Crippen molar-refractivity contribution >= 4 is 28.9 Å². The lowest BCUT2D eigenvalue weighted by Gasteiger charge is -2.31. The minimum absolute atomic E-state index is 0.545. The fourth-order valence-electron chi connectivity index (χ4n) is 3.19. The fraction of sp³-hybridized carbons (Fsp3) is 0.538. The molecular formula is C13H15Cl2N. The van der Waals surface area contributed by atoms with Crippen molar-refractivity contribution in [1.82, 2.24) is 0 Å². The lowest BCUT2D eigenvalue weighted by molar-refractivity contribution is 0.553. The summed E-state index contributed by atoms with van der Waals surface area (Å²) >= 11 is 12.3. The van der Waals surface area contributed by atoms with Gasteiger partial charge in [0.25, 0.3) is 0 Å². The van der Waals surface area contributed by atoms with Gasteiger partial charge in [0.2, 0.25) is 0 Å². The predicted molar refractivity (Wildman–Crippen MR) is 69.5 cm³/mol. The van der Waals surface area contributed by atoms with Crippen LogP contribution in [-0.4, -0.2) is 12.6 Å². The largest absolute Gasteiger partial charge is 0.367 e. The number of halogens is 2. The molecule has 1 aliphatic heterocycles. The van der Waals surface area contributed by atoms with Gasteiger partial charge >= 0.3 is 0 Å². The maximum atomic E-state index is 6.33. The average molecular weight is 256 g/mol. The van der Waals surface area contributed by atoms with E-state index in [9.17, 15) is 0 Å². The summed E-state index contributed by atoms with van der Waals surface area (Å²) in [5.41, 5.74) is 2.35. The third-order valence-electron chi connectivity index (χ3n) is 3.91. The van der Waals surface area contributed by atoms with E-state index in [0.29, 0.717) is 11.9 Å². The quantitative estimate of drug-likeness (QED) is 0.721. The number of nitrogens with zero attached hydrogens (tertiary/aromatic N) is 1. The molecule has 0 spiro atoms. The first-order valence-electron chi connectivity index (χ1n) is 5.89. The smallest absolute Gasteiger partial charge is 0.0642 e. The molecule has 1 nitrogen and oxygen atoms in total. The number of hydrogen-bond donors (Lipinski definition) is 0. The molecule has 1 heterocycles. The van der Waals surface area contributed by atoms with E-state index in [2.05, 4.69) is 11.0 Å². The number of hydrogen-bond acceptors (Lipinski definition) is 1. The van der Waals surface area contributed by atoms with Crippen molar-refractivity contribution in [1.29, 1.82) is 0 Å². The number of alkyl halides is 1. The fourth-order valence-corrected chi connectivity index (χ4v) is 3.71. The van der Waals surface area contributed by atoms with Gasteiger partial charge in [-0.05, 0) is 36.8 Å². The van der Waals surface area contributed by atoms with Crippen LogP contribution in [0.1, 0.15) is 24.8 Å². The van der Waals surface area contributed by atoms with Gasteiger partial charge in [0.15, 0.2) is 0 Å². The van der Waals surface area contributed by atoms with Crippen LogP contribution < -0.4 is 4.90 Å². The number of benzene rings is 1. The van der Waals surface area contributed by atoms with Crippen LogP contribution in [0, 0.1) is 5.92 Å². The monoisotopic (exact) mass is 255 g/mol. The second kappa shape index (κ2) is 4.12. The zero-order valence-corrected chi connectivity index (χ0v) is 10.6. The van der Waals surface area contributed by atoms with Crippen LogP contribution in [0.3, 0.4) is 0 Å². The third-order valence-corrected chi connectivity index (χ3v) is 4.50. The second-order valence-electron chi connectivity index (χ2n) is 4.87. The van der Waals surface area contributed by atoms with Crippen molar-refractivity contribution in [2.24, 2.45) is 5.92 Å². The Hall–Kier alpha value is -0.400. The van der Waals surface area contributed by atoms with Crippen LogP contribution in [0.4, 0.5) is 5.69 Å². The van der Waals surface area contributed by atoms with Crippen LogP contribution in [-0.2, 0) is 5.88 Å². The van der Waals surface area contributed by atoms with E-state index >= 15 is 0 Å². The molecule has 2 atom stereocenters. The molecule has 0 N–H and O–H groups in total. The molecule has 2 bridgehead atoms. The molecule has 3 rings (SSSR count). The molecular weight excluding hydrogens is 241 g/mol. The van der Waals surface area contributed by atoms with Gasteiger partial charge in [0, 0.05) is 18.5 Å². The van der Waals surface area contributed by atoms with Gasteiger partial charge in [-0.15, -0.1) is 11.6 Å². The van der Waals surface area contributed by atoms with Gasteiger partial charge in [0.05, 0.1) is 10.7 Å². The van der Waals surface area contributed by atoms with Crippen LogP contribution >= 0.6 is 23.2 Å². The summed E-state index contributed by atoms with van der Waals surface area (Å²) in [6.07, 6.45) is 4.05. The van der Waals surface area contributed by atoms with E-state index in [1.54, 1.807) is 0 Å².